The van der Waals surface area contributed by atoms with Gasteiger partial charge in [-0.3, -0.25) is 9.59 Å². The van der Waals surface area contributed by atoms with Gasteiger partial charge in [-0.05, 0) is 37.1 Å². The minimum atomic E-state index is -3.62. The molecule has 1 aliphatic rings. The topological polar surface area (TPSA) is 92.8 Å². The van der Waals surface area contributed by atoms with Crippen molar-refractivity contribution in [2.24, 2.45) is 5.92 Å². The van der Waals surface area contributed by atoms with E-state index in [0.717, 1.165) is 0 Å². The van der Waals surface area contributed by atoms with Crippen molar-refractivity contribution in [1.29, 1.82) is 0 Å². The Morgan fingerprint density at radius 1 is 1.27 bits per heavy atom. The highest BCUT2D eigenvalue weighted by Crippen LogP contribution is 2.25. The fourth-order valence-electron chi connectivity index (χ4n) is 2.54. The number of sulfonamides is 1. The molecule has 0 atom stereocenters. The van der Waals surface area contributed by atoms with E-state index in [2.05, 4.69) is 11.2 Å². The first-order valence-electron chi connectivity index (χ1n) is 7.97. The maximum Gasteiger partial charge on any atom is 0.309 e. The molecule has 0 aromatic heterocycles. The molecule has 0 radical (unpaired) electrons. The van der Waals surface area contributed by atoms with Crippen molar-refractivity contribution in [3.05, 3.63) is 29.3 Å². The Kier molecular flexibility index (Phi) is 7.03. The van der Waals surface area contributed by atoms with Gasteiger partial charge in [-0.25, -0.2) is 8.42 Å². The zero-order valence-corrected chi connectivity index (χ0v) is 15.6. The van der Waals surface area contributed by atoms with Gasteiger partial charge < -0.3 is 10.1 Å². The van der Waals surface area contributed by atoms with Crippen molar-refractivity contribution in [3.8, 4) is 12.3 Å². The molecule has 1 saturated heterocycles. The maximum atomic E-state index is 12.6. The van der Waals surface area contributed by atoms with Crippen molar-refractivity contribution in [2.75, 3.05) is 26.2 Å². The molecule has 1 heterocycles. The molecule has 1 aliphatic heterocycles. The molecule has 9 heteroatoms. The second-order valence-corrected chi connectivity index (χ2v) is 8.10. The van der Waals surface area contributed by atoms with Gasteiger partial charge in [0.1, 0.15) is 0 Å². The predicted octanol–water partition coefficient (Wildman–Crippen LogP) is 1.03. The number of carbonyl (C=O) groups excluding carboxylic acids is 2. The summed E-state index contributed by atoms with van der Waals surface area (Å²) in [7, 11) is -3.62. The van der Waals surface area contributed by atoms with Crippen molar-refractivity contribution in [2.45, 2.75) is 17.7 Å². The number of rotatable bonds is 6. The number of benzene rings is 1. The number of hydrogen-bond acceptors (Lipinski definition) is 5. The number of piperidine rings is 1. The first kappa shape index (κ1) is 20.2. The third-order valence-electron chi connectivity index (χ3n) is 3.97. The monoisotopic (exact) mass is 398 g/mol. The summed E-state index contributed by atoms with van der Waals surface area (Å²) in [6.45, 7) is 0.0726. The van der Waals surface area contributed by atoms with Crippen LogP contribution in [0.15, 0.2) is 29.2 Å². The predicted molar refractivity (Wildman–Crippen MR) is 95.7 cm³/mol. The van der Waals surface area contributed by atoms with E-state index < -0.39 is 34.4 Å². The van der Waals surface area contributed by atoms with Crippen LogP contribution in [0.1, 0.15) is 12.8 Å². The maximum absolute atomic E-state index is 12.6. The average Bonchev–Trinajstić information content (AvgIpc) is 2.64. The largest absolute Gasteiger partial charge is 0.455 e. The second-order valence-electron chi connectivity index (χ2n) is 5.72. The van der Waals surface area contributed by atoms with Crippen LogP contribution in [0.25, 0.3) is 0 Å². The molecule has 7 nitrogen and oxygen atoms in total. The summed E-state index contributed by atoms with van der Waals surface area (Å²) in [5.74, 6) is 0.822. The molecule has 1 N–H and O–H groups in total. The summed E-state index contributed by atoms with van der Waals surface area (Å²) >= 11 is 5.78. The summed E-state index contributed by atoms with van der Waals surface area (Å²) in [5.41, 5.74) is 0. The van der Waals surface area contributed by atoms with Gasteiger partial charge >= 0.3 is 5.97 Å². The van der Waals surface area contributed by atoms with Crippen molar-refractivity contribution >= 4 is 33.5 Å². The number of amides is 1. The third-order valence-corrected chi connectivity index (χ3v) is 6.14. The lowest BCUT2D eigenvalue weighted by Gasteiger charge is -2.30. The summed E-state index contributed by atoms with van der Waals surface area (Å²) in [4.78, 5) is 23.5. The van der Waals surface area contributed by atoms with Crippen LogP contribution in [0, 0.1) is 18.3 Å². The molecule has 1 aromatic rings. The smallest absolute Gasteiger partial charge is 0.309 e. The van der Waals surface area contributed by atoms with Crippen LogP contribution in [0.3, 0.4) is 0 Å². The number of nitrogens with one attached hydrogen (secondary N) is 1. The van der Waals surface area contributed by atoms with Crippen LogP contribution in [-0.2, 0) is 24.3 Å². The van der Waals surface area contributed by atoms with Crippen molar-refractivity contribution < 1.29 is 22.7 Å². The van der Waals surface area contributed by atoms with E-state index in [1.807, 2.05) is 0 Å². The van der Waals surface area contributed by atoms with E-state index in [9.17, 15) is 18.0 Å². The van der Waals surface area contributed by atoms with Gasteiger partial charge in [0.2, 0.25) is 10.0 Å². The van der Waals surface area contributed by atoms with Crippen LogP contribution >= 0.6 is 11.6 Å². The number of ether oxygens (including phenoxy) is 1. The van der Waals surface area contributed by atoms with Gasteiger partial charge in [-0.2, -0.15) is 4.31 Å². The van der Waals surface area contributed by atoms with Crippen molar-refractivity contribution in [1.82, 2.24) is 9.62 Å². The fourth-order valence-corrected chi connectivity index (χ4v) is 4.14. The Labute approximate surface area is 157 Å². The van der Waals surface area contributed by atoms with Gasteiger partial charge in [0.15, 0.2) is 6.61 Å². The lowest BCUT2D eigenvalue weighted by molar-refractivity contribution is -0.153. The van der Waals surface area contributed by atoms with Gasteiger partial charge in [0.05, 0.1) is 17.4 Å². The normalized spacial score (nSPS) is 15.8. The van der Waals surface area contributed by atoms with E-state index in [1.165, 1.54) is 28.6 Å². The van der Waals surface area contributed by atoms with E-state index in [1.54, 1.807) is 0 Å². The zero-order valence-electron chi connectivity index (χ0n) is 14.0. The highest BCUT2D eigenvalue weighted by Gasteiger charge is 2.32. The number of nitrogens with zero attached hydrogens (tertiary/aromatic N) is 1. The van der Waals surface area contributed by atoms with Crippen molar-refractivity contribution in [3.63, 3.8) is 0 Å². The molecule has 0 aliphatic carbocycles. The second kappa shape index (κ2) is 9.03. The van der Waals surface area contributed by atoms with Crippen LogP contribution in [0.5, 0.6) is 0 Å². The average molecular weight is 399 g/mol. The molecule has 1 amide bonds. The van der Waals surface area contributed by atoms with Crippen LogP contribution in [-0.4, -0.2) is 50.8 Å². The van der Waals surface area contributed by atoms with Gasteiger partial charge in [-0.1, -0.05) is 17.5 Å². The van der Waals surface area contributed by atoms with E-state index in [-0.39, 0.29) is 24.5 Å². The molecule has 26 heavy (non-hydrogen) atoms. The van der Waals surface area contributed by atoms with E-state index in [0.29, 0.717) is 17.9 Å². The van der Waals surface area contributed by atoms with Crippen LogP contribution < -0.4 is 5.32 Å². The summed E-state index contributed by atoms with van der Waals surface area (Å²) < 4.78 is 31.5. The Balaban J connectivity index is 1.86. The lowest BCUT2D eigenvalue weighted by atomic mass is 9.98. The number of hydrogen-bond donors (Lipinski definition) is 1. The Hall–Kier alpha value is -2.08. The molecule has 1 aromatic carbocycles. The lowest BCUT2D eigenvalue weighted by Crippen LogP contribution is -2.41. The minimum absolute atomic E-state index is 0.0668. The van der Waals surface area contributed by atoms with E-state index in [4.69, 9.17) is 22.8 Å². The molecular formula is C17H19ClN2O5S. The summed E-state index contributed by atoms with van der Waals surface area (Å²) in [6, 6.07) is 5.94. The Morgan fingerprint density at radius 2 is 1.88 bits per heavy atom. The van der Waals surface area contributed by atoms with Gasteiger partial charge in [-0.15, -0.1) is 6.42 Å². The summed E-state index contributed by atoms with van der Waals surface area (Å²) in [6.07, 6.45) is 5.68. The quantitative estimate of drug-likeness (QED) is 0.570. The SMILES string of the molecule is C#CCNC(=O)COC(=O)C1CCN(S(=O)(=O)c2ccc(Cl)cc2)CC1. The number of terminal acetylenes is 1. The zero-order chi connectivity index (χ0) is 19.2. The molecule has 2 rings (SSSR count). The minimum Gasteiger partial charge on any atom is -0.455 e. The Morgan fingerprint density at radius 3 is 2.46 bits per heavy atom. The number of esters is 1. The van der Waals surface area contributed by atoms with Crippen LogP contribution in [0.2, 0.25) is 5.02 Å². The molecule has 0 spiro atoms. The highest BCUT2D eigenvalue weighted by molar-refractivity contribution is 7.89. The molecule has 140 valence electrons. The molecule has 0 saturated carbocycles. The first-order chi connectivity index (χ1) is 12.3. The van der Waals surface area contributed by atoms with Crippen LogP contribution in [0.4, 0.5) is 0 Å². The molecular weight excluding hydrogens is 380 g/mol. The van der Waals surface area contributed by atoms with E-state index >= 15 is 0 Å². The number of halogens is 1. The van der Waals surface area contributed by atoms with Gasteiger partial charge in [0.25, 0.3) is 5.91 Å². The number of carbonyl (C=O) groups is 2. The fraction of sp³-hybridized carbons (Fsp3) is 0.412. The molecule has 0 unspecified atom stereocenters. The third kappa shape index (κ3) is 5.21. The highest BCUT2D eigenvalue weighted by atomic mass is 35.5. The first-order valence-corrected chi connectivity index (χ1v) is 9.79. The molecule has 1 fully saturated rings. The Bertz CT molecular complexity index is 793. The molecule has 0 bridgehead atoms. The van der Waals surface area contributed by atoms with Gasteiger partial charge in [0, 0.05) is 18.1 Å². The summed E-state index contributed by atoms with van der Waals surface area (Å²) in [5, 5.41) is 2.85. The standard InChI is InChI=1S/C17H19ClN2O5S/c1-2-9-19-16(21)12-25-17(22)13-7-10-20(11-8-13)26(23,24)15-5-3-14(18)4-6-15/h1,3-6,13H,7-12H2,(H,19,21).